The van der Waals surface area contributed by atoms with Gasteiger partial charge in [0, 0.05) is 30.9 Å². The van der Waals surface area contributed by atoms with Crippen LogP contribution in [0.5, 0.6) is 0 Å². The molecule has 0 radical (unpaired) electrons. The standard InChI is InChI=1S/C22H31N3O3/c1-4-11-25(21(26)13-16(2)3)14-18-6-5-12-24(18)15-19-9-10-20(28-19)22(27)23-17-7-8-17/h5-6,9-10,12,16-17H,4,7-8,11,13-15H2,1-3H3,(H,23,27). The lowest BCUT2D eigenvalue weighted by molar-refractivity contribution is -0.132. The molecule has 0 aliphatic heterocycles. The van der Waals surface area contributed by atoms with Crippen molar-refractivity contribution in [2.75, 3.05) is 6.54 Å². The molecule has 0 spiro atoms. The van der Waals surface area contributed by atoms with Crippen LogP contribution in [-0.2, 0) is 17.9 Å². The van der Waals surface area contributed by atoms with Gasteiger partial charge in [0.25, 0.3) is 5.91 Å². The number of furan rings is 1. The van der Waals surface area contributed by atoms with E-state index in [1.165, 1.54) is 0 Å². The number of nitrogens with one attached hydrogen (secondary N) is 1. The topological polar surface area (TPSA) is 67.5 Å². The summed E-state index contributed by atoms with van der Waals surface area (Å²) in [4.78, 5) is 26.6. The zero-order chi connectivity index (χ0) is 20.1. The van der Waals surface area contributed by atoms with Crippen LogP contribution in [0.4, 0.5) is 0 Å². The predicted molar refractivity (Wildman–Crippen MR) is 108 cm³/mol. The quantitative estimate of drug-likeness (QED) is 0.676. The Morgan fingerprint density at radius 1 is 1.29 bits per heavy atom. The Morgan fingerprint density at radius 2 is 2.07 bits per heavy atom. The Kier molecular flexibility index (Phi) is 6.60. The van der Waals surface area contributed by atoms with E-state index in [2.05, 4.69) is 30.7 Å². The summed E-state index contributed by atoms with van der Waals surface area (Å²) in [6, 6.07) is 7.90. The van der Waals surface area contributed by atoms with Gasteiger partial charge in [-0.3, -0.25) is 9.59 Å². The van der Waals surface area contributed by atoms with Crippen LogP contribution in [0.25, 0.3) is 0 Å². The molecule has 1 N–H and O–H groups in total. The molecule has 6 nitrogen and oxygen atoms in total. The zero-order valence-corrected chi connectivity index (χ0v) is 17.1. The molecule has 0 atom stereocenters. The highest BCUT2D eigenvalue weighted by Crippen LogP contribution is 2.20. The van der Waals surface area contributed by atoms with Crippen LogP contribution in [-0.4, -0.2) is 33.9 Å². The first-order valence-corrected chi connectivity index (χ1v) is 10.3. The number of aromatic nitrogens is 1. The summed E-state index contributed by atoms with van der Waals surface area (Å²) in [5.41, 5.74) is 1.06. The maximum atomic E-state index is 12.6. The number of carbonyl (C=O) groups excluding carboxylic acids is 2. The second-order valence-electron chi connectivity index (χ2n) is 8.05. The summed E-state index contributed by atoms with van der Waals surface area (Å²) in [5, 5.41) is 2.94. The van der Waals surface area contributed by atoms with Gasteiger partial charge in [-0.2, -0.15) is 0 Å². The molecule has 1 saturated carbocycles. The van der Waals surface area contributed by atoms with Gasteiger partial charge in [-0.05, 0) is 49.4 Å². The molecule has 0 bridgehead atoms. The number of hydrogen-bond donors (Lipinski definition) is 1. The van der Waals surface area contributed by atoms with E-state index in [4.69, 9.17) is 4.42 Å². The summed E-state index contributed by atoms with van der Waals surface area (Å²) in [6.07, 6.45) is 5.59. The molecule has 28 heavy (non-hydrogen) atoms. The van der Waals surface area contributed by atoms with Crippen LogP contribution in [0.2, 0.25) is 0 Å². The van der Waals surface area contributed by atoms with Crippen LogP contribution in [0.3, 0.4) is 0 Å². The highest BCUT2D eigenvalue weighted by atomic mass is 16.4. The molecular weight excluding hydrogens is 354 g/mol. The Balaban J connectivity index is 1.64. The molecule has 1 aliphatic rings. The monoisotopic (exact) mass is 385 g/mol. The van der Waals surface area contributed by atoms with E-state index in [9.17, 15) is 9.59 Å². The van der Waals surface area contributed by atoms with E-state index >= 15 is 0 Å². The minimum absolute atomic E-state index is 0.144. The van der Waals surface area contributed by atoms with Crippen molar-refractivity contribution >= 4 is 11.8 Å². The van der Waals surface area contributed by atoms with Crippen molar-refractivity contribution in [2.45, 2.75) is 65.6 Å². The van der Waals surface area contributed by atoms with E-state index in [0.717, 1.165) is 37.3 Å². The Hall–Kier alpha value is -2.50. The third kappa shape index (κ3) is 5.50. The normalized spacial score (nSPS) is 13.7. The average Bonchev–Trinajstić information content (AvgIpc) is 3.15. The molecule has 0 saturated heterocycles. The highest BCUT2D eigenvalue weighted by molar-refractivity contribution is 5.91. The van der Waals surface area contributed by atoms with Crippen LogP contribution in [0.1, 0.15) is 68.5 Å². The van der Waals surface area contributed by atoms with Crippen molar-refractivity contribution in [3.05, 3.63) is 47.7 Å². The molecule has 3 rings (SSSR count). The third-order valence-electron chi connectivity index (χ3n) is 4.83. The number of hydrogen-bond acceptors (Lipinski definition) is 3. The summed E-state index contributed by atoms with van der Waals surface area (Å²) in [6.45, 7) is 8.10. The lowest BCUT2D eigenvalue weighted by Crippen LogP contribution is -2.32. The number of rotatable bonds is 10. The van der Waals surface area contributed by atoms with Gasteiger partial charge in [-0.25, -0.2) is 0 Å². The molecule has 1 fully saturated rings. The molecule has 0 aromatic carbocycles. The van der Waals surface area contributed by atoms with Crippen molar-refractivity contribution in [2.24, 2.45) is 5.92 Å². The van der Waals surface area contributed by atoms with E-state index in [0.29, 0.717) is 37.2 Å². The molecular formula is C22H31N3O3. The van der Waals surface area contributed by atoms with E-state index in [1.54, 1.807) is 6.07 Å². The molecule has 1 aliphatic carbocycles. The molecule has 2 aromatic heterocycles. The molecule has 2 heterocycles. The van der Waals surface area contributed by atoms with Gasteiger partial charge in [0.15, 0.2) is 5.76 Å². The Labute approximate surface area is 166 Å². The van der Waals surface area contributed by atoms with E-state index in [1.807, 2.05) is 29.3 Å². The van der Waals surface area contributed by atoms with Gasteiger partial charge in [0.2, 0.25) is 5.91 Å². The van der Waals surface area contributed by atoms with Crippen molar-refractivity contribution in [3.63, 3.8) is 0 Å². The number of amides is 2. The van der Waals surface area contributed by atoms with E-state index in [-0.39, 0.29) is 11.8 Å². The molecule has 152 valence electrons. The second kappa shape index (κ2) is 9.13. The highest BCUT2D eigenvalue weighted by Gasteiger charge is 2.25. The first-order valence-electron chi connectivity index (χ1n) is 10.3. The summed E-state index contributed by atoms with van der Waals surface area (Å²) in [7, 11) is 0. The van der Waals surface area contributed by atoms with Gasteiger partial charge in [0.05, 0.1) is 13.1 Å². The van der Waals surface area contributed by atoms with Gasteiger partial charge < -0.3 is 19.2 Å². The lowest BCUT2D eigenvalue weighted by Gasteiger charge is -2.24. The smallest absolute Gasteiger partial charge is 0.287 e. The van der Waals surface area contributed by atoms with Crippen LogP contribution >= 0.6 is 0 Å². The van der Waals surface area contributed by atoms with Gasteiger partial charge in [0.1, 0.15) is 5.76 Å². The maximum Gasteiger partial charge on any atom is 0.287 e. The Bertz CT molecular complexity index is 802. The van der Waals surface area contributed by atoms with Crippen LogP contribution in [0.15, 0.2) is 34.9 Å². The maximum absolute atomic E-state index is 12.6. The third-order valence-corrected chi connectivity index (χ3v) is 4.83. The van der Waals surface area contributed by atoms with Gasteiger partial charge in [-0.15, -0.1) is 0 Å². The van der Waals surface area contributed by atoms with Crippen LogP contribution in [0, 0.1) is 5.92 Å². The Morgan fingerprint density at radius 3 is 2.75 bits per heavy atom. The summed E-state index contributed by atoms with van der Waals surface area (Å²) < 4.78 is 7.82. The number of nitrogens with zero attached hydrogens (tertiary/aromatic N) is 2. The van der Waals surface area contributed by atoms with Crippen LogP contribution < -0.4 is 5.32 Å². The van der Waals surface area contributed by atoms with E-state index < -0.39 is 0 Å². The summed E-state index contributed by atoms with van der Waals surface area (Å²) >= 11 is 0. The fraction of sp³-hybridized carbons (Fsp3) is 0.545. The van der Waals surface area contributed by atoms with Gasteiger partial charge >= 0.3 is 0 Å². The fourth-order valence-electron chi connectivity index (χ4n) is 3.22. The summed E-state index contributed by atoms with van der Waals surface area (Å²) in [5.74, 6) is 1.49. The fourth-order valence-corrected chi connectivity index (χ4v) is 3.22. The average molecular weight is 386 g/mol. The first-order chi connectivity index (χ1) is 13.5. The molecule has 6 heteroatoms. The largest absolute Gasteiger partial charge is 0.454 e. The molecule has 0 unspecified atom stereocenters. The first kappa shape index (κ1) is 20.2. The minimum Gasteiger partial charge on any atom is -0.454 e. The van der Waals surface area contributed by atoms with Gasteiger partial charge in [-0.1, -0.05) is 20.8 Å². The second-order valence-corrected chi connectivity index (χ2v) is 8.05. The van der Waals surface area contributed by atoms with Crippen molar-refractivity contribution in [3.8, 4) is 0 Å². The number of carbonyl (C=O) groups is 2. The zero-order valence-electron chi connectivity index (χ0n) is 17.1. The SMILES string of the molecule is CCCN(Cc1cccn1Cc1ccc(C(=O)NC2CC2)o1)C(=O)CC(C)C. The van der Waals surface area contributed by atoms with Crippen molar-refractivity contribution in [1.29, 1.82) is 0 Å². The van der Waals surface area contributed by atoms with Crippen molar-refractivity contribution in [1.82, 2.24) is 14.8 Å². The molecule has 2 amide bonds. The molecule has 2 aromatic rings. The predicted octanol–water partition coefficient (Wildman–Crippen LogP) is 3.81. The minimum atomic E-state index is -0.144. The lowest BCUT2D eigenvalue weighted by atomic mass is 10.1. The van der Waals surface area contributed by atoms with Crippen molar-refractivity contribution < 1.29 is 14.0 Å².